The first-order chi connectivity index (χ1) is 8.68. The van der Waals surface area contributed by atoms with Gasteiger partial charge in [0, 0.05) is 41.8 Å². The molecule has 1 aliphatic rings. The molecule has 2 atom stereocenters. The van der Waals surface area contributed by atoms with E-state index >= 15 is 0 Å². The van der Waals surface area contributed by atoms with E-state index in [-0.39, 0.29) is 0 Å². The number of hydrogen-bond donors (Lipinski definition) is 2. The number of nitrogens with one attached hydrogen (secondary N) is 2. The minimum absolute atomic E-state index is 0.463. The van der Waals surface area contributed by atoms with Gasteiger partial charge < -0.3 is 10.3 Å². The van der Waals surface area contributed by atoms with Crippen molar-refractivity contribution < 1.29 is 0 Å². The minimum atomic E-state index is 0.463. The molecule has 3 heteroatoms. The number of aryl methyl sites for hydroxylation is 1. The summed E-state index contributed by atoms with van der Waals surface area (Å²) in [5, 5.41) is 4.90. The second-order valence-corrected chi connectivity index (χ2v) is 5.40. The molecule has 0 radical (unpaired) electrons. The van der Waals surface area contributed by atoms with Crippen molar-refractivity contribution in [1.29, 1.82) is 0 Å². The van der Waals surface area contributed by atoms with Crippen LogP contribution < -0.4 is 5.32 Å². The van der Waals surface area contributed by atoms with Gasteiger partial charge in [0.1, 0.15) is 0 Å². The third-order valence-electron chi connectivity index (χ3n) is 4.24. The topological polar surface area (TPSA) is 31.1 Å². The van der Waals surface area contributed by atoms with Crippen molar-refractivity contribution in [2.24, 2.45) is 0 Å². The molecule has 0 spiro atoms. The lowest BCUT2D eigenvalue weighted by Gasteiger charge is -2.38. The molecule has 0 amide bonds. The molecule has 3 nitrogen and oxygen atoms in total. The molecule has 2 heterocycles. The number of hydrogen-bond acceptors (Lipinski definition) is 2. The highest BCUT2D eigenvalue weighted by atomic mass is 15.2. The van der Waals surface area contributed by atoms with Gasteiger partial charge in [0.15, 0.2) is 0 Å². The fourth-order valence-corrected chi connectivity index (χ4v) is 3.06. The Balaban J connectivity index is 2.10. The summed E-state index contributed by atoms with van der Waals surface area (Å²) in [4.78, 5) is 5.99. The quantitative estimate of drug-likeness (QED) is 0.806. The minimum Gasteiger partial charge on any atom is -0.358 e. The Morgan fingerprint density at radius 3 is 2.83 bits per heavy atom. The lowest BCUT2D eigenvalue weighted by Crippen LogP contribution is -2.49. The predicted molar refractivity (Wildman–Crippen MR) is 75.9 cm³/mol. The Labute approximate surface area is 108 Å². The fraction of sp³-hybridized carbons (Fsp3) is 0.467. The van der Waals surface area contributed by atoms with E-state index in [0.717, 1.165) is 13.1 Å². The van der Waals surface area contributed by atoms with Crippen LogP contribution in [0.1, 0.15) is 24.2 Å². The van der Waals surface area contributed by atoms with Gasteiger partial charge in [-0.15, -0.1) is 0 Å². The molecule has 2 N–H and O–H groups in total. The van der Waals surface area contributed by atoms with Crippen LogP contribution in [-0.4, -0.2) is 36.1 Å². The summed E-state index contributed by atoms with van der Waals surface area (Å²) in [7, 11) is 2.23. The van der Waals surface area contributed by atoms with Gasteiger partial charge in [0.2, 0.25) is 0 Å². The number of aromatic amines is 1. The van der Waals surface area contributed by atoms with E-state index < -0.39 is 0 Å². The second-order valence-electron chi connectivity index (χ2n) is 5.40. The number of likely N-dealkylation sites (N-methyl/N-ethyl adjacent to an activating group) is 1. The highest BCUT2D eigenvalue weighted by Crippen LogP contribution is 2.32. The molecule has 0 saturated carbocycles. The van der Waals surface area contributed by atoms with Gasteiger partial charge in [-0.2, -0.15) is 0 Å². The average molecular weight is 243 g/mol. The highest BCUT2D eigenvalue weighted by molar-refractivity contribution is 5.85. The molecule has 1 aliphatic heterocycles. The molecule has 2 unspecified atom stereocenters. The largest absolute Gasteiger partial charge is 0.358 e. The van der Waals surface area contributed by atoms with Gasteiger partial charge in [0.25, 0.3) is 0 Å². The SMILES string of the molecule is Cc1[nH]c2ccccc2c1C1CNCC(C)N1C. The van der Waals surface area contributed by atoms with Crippen LogP contribution in [0.2, 0.25) is 0 Å². The lowest BCUT2D eigenvalue weighted by atomic mass is 9.98. The van der Waals surface area contributed by atoms with Gasteiger partial charge in [-0.3, -0.25) is 4.90 Å². The number of benzene rings is 1. The van der Waals surface area contributed by atoms with E-state index in [2.05, 4.69) is 60.4 Å². The van der Waals surface area contributed by atoms with Crippen LogP contribution in [0.4, 0.5) is 0 Å². The van der Waals surface area contributed by atoms with E-state index in [1.807, 2.05) is 0 Å². The third-order valence-corrected chi connectivity index (χ3v) is 4.24. The number of rotatable bonds is 1. The smallest absolute Gasteiger partial charge is 0.0496 e. The van der Waals surface area contributed by atoms with Crippen LogP contribution in [-0.2, 0) is 0 Å². The maximum absolute atomic E-state index is 3.54. The van der Waals surface area contributed by atoms with Crippen LogP contribution >= 0.6 is 0 Å². The van der Waals surface area contributed by atoms with E-state index in [4.69, 9.17) is 0 Å². The molecule has 96 valence electrons. The van der Waals surface area contributed by atoms with Crippen LogP contribution in [0.3, 0.4) is 0 Å². The van der Waals surface area contributed by atoms with E-state index in [1.165, 1.54) is 22.2 Å². The van der Waals surface area contributed by atoms with Crippen molar-refractivity contribution in [3.05, 3.63) is 35.5 Å². The number of nitrogens with zero attached hydrogens (tertiary/aromatic N) is 1. The highest BCUT2D eigenvalue weighted by Gasteiger charge is 2.28. The van der Waals surface area contributed by atoms with E-state index in [1.54, 1.807) is 0 Å². The van der Waals surface area contributed by atoms with E-state index in [9.17, 15) is 0 Å². The summed E-state index contributed by atoms with van der Waals surface area (Å²) >= 11 is 0. The van der Waals surface area contributed by atoms with Gasteiger partial charge in [-0.05, 0) is 32.5 Å². The second kappa shape index (κ2) is 4.41. The molecule has 0 aliphatic carbocycles. The Bertz CT molecular complexity index is 558. The Hall–Kier alpha value is -1.32. The number of piperazine rings is 1. The van der Waals surface area contributed by atoms with Crippen LogP contribution in [0.25, 0.3) is 10.9 Å². The molecule has 18 heavy (non-hydrogen) atoms. The van der Waals surface area contributed by atoms with Crippen molar-refractivity contribution in [3.63, 3.8) is 0 Å². The molecular weight excluding hydrogens is 222 g/mol. The molecule has 3 rings (SSSR count). The normalized spacial score (nSPS) is 25.7. The molecule has 2 aromatic rings. The Kier molecular flexibility index (Phi) is 2.88. The van der Waals surface area contributed by atoms with Crippen molar-refractivity contribution in [2.75, 3.05) is 20.1 Å². The van der Waals surface area contributed by atoms with Crippen LogP contribution in [0.5, 0.6) is 0 Å². The van der Waals surface area contributed by atoms with Crippen molar-refractivity contribution in [1.82, 2.24) is 15.2 Å². The summed E-state index contributed by atoms with van der Waals surface area (Å²) in [6.45, 7) is 6.57. The van der Waals surface area contributed by atoms with Crippen molar-refractivity contribution in [2.45, 2.75) is 25.9 Å². The molecule has 1 aromatic heterocycles. The number of H-pyrrole nitrogens is 1. The van der Waals surface area contributed by atoms with Crippen molar-refractivity contribution >= 4 is 10.9 Å². The third kappa shape index (κ3) is 1.74. The van der Waals surface area contributed by atoms with Gasteiger partial charge in [-0.25, -0.2) is 0 Å². The summed E-state index contributed by atoms with van der Waals surface area (Å²) in [5.74, 6) is 0. The predicted octanol–water partition coefficient (Wildman–Crippen LogP) is 2.44. The van der Waals surface area contributed by atoms with Crippen molar-refractivity contribution in [3.8, 4) is 0 Å². The maximum Gasteiger partial charge on any atom is 0.0496 e. The van der Waals surface area contributed by atoms with Gasteiger partial charge in [-0.1, -0.05) is 18.2 Å². The Morgan fingerprint density at radius 2 is 2.00 bits per heavy atom. The van der Waals surface area contributed by atoms with E-state index in [0.29, 0.717) is 12.1 Å². The number of aromatic nitrogens is 1. The molecular formula is C15H21N3. The number of fused-ring (bicyclic) bond motifs is 1. The molecule has 1 fully saturated rings. The summed E-state index contributed by atoms with van der Waals surface area (Å²) < 4.78 is 0. The monoisotopic (exact) mass is 243 g/mol. The average Bonchev–Trinajstić information content (AvgIpc) is 2.69. The summed E-state index contributed by atoms with van der Waals surface area (Å²) in [6, 6.07) is 9.64. The van der Waals surface area contributed by atoms with Crippen LogP contribution in [0, 0.1) is 6.92 Å². The zero-order chi connectivity index (χ0) is 12.7. The standard InChI is InChI=1S/C15H21N3/c1-10-8-16-9-14(18(10)3)15-11(2)17-13-7-5-4-6-12(13)15/h4-7,10,14,16-17H,8-9H2,1-3H3. The lowest BCUT2D eigenvalue weighted by molar-refractivity contribution is 0.142. The maximum atomic E-state index is 3.54. The van der Waals surface area contributed by atoms with Gasteiger partial charge >= 0.3 is 0 Å². The zero-order valence-corrected chi connectivity index (χ0v) is 11.3. The first-order valence-corrected chi connectivity index (χ1v) is 6.68. The van der Waals surface area contributed by atoms with Crippen LogP contribution in [0.15, 0.2) is 24.3 Å². The fourth-order valence-electron chi connectivity index (χ4n) is 3.06. The summed E-state index contributed by atoms with van der Waals surface area (Å²) in [5.41, 5.74) is 3.99. The first-order valence-electron chi connectivity index (χ1n) is 6.68. The van der Waals surface area contributed by atoms with Gasteiger partial charge in [0.05, 0.1) is 0 Å². The first kappa shape index (κ1) is 11.8. The zero-order valence-electron chi connectivity index (χ0n) is 11.3. The summed E-state index contributed by atoms with van der Waals surface area (Å²) in [6.07, 6.45) is 0. The molecule has 1 aromatic carbocycles. The Morgan fingerprint density at radius 1 is 1.22 bits per heavy atom. The molecule has 1 saturated heterocycles. The molecule has 0 bridgehead atoms. The number of para-hydroxylation sites is 1.